The first-order valence-electron chi connectivity index (χ1n) is 6.39. The molecule has 0 bridgehead atoms. The van der Waals surface area contributed by atoms with Crippen LogP contribution >= 0.6 is 39.1 Å². The van der Waals surface area contributed by atoms with Crippen LogP contribution in [0.2, 0.25) is 10.0 Å². The summed E-state index contributed by atoms with van der Waals surface area (Å²) in [4.78, 5) is 4.39. The molecule has 0 aliphatic carbocycles. The van der Waals surface area contributed by atoms with Crippen LogP contribution in [0.15, 0.2) is 41.0 Å². The van der Waals surface area contributed by atoms with E-state index in [0.717, 1.165) is 33.7 Å². The second kappa shape index (κ2) is 7.41. The van der Waals surface area contributed by atoms with E-state index in [1.807, 2.05) is 30.3 Å². The van der Waals surface area contributed by atoms with E-state index in [1.165, 1.54) is 0 Å². The quantitative estimate of drug-likeness (QED) is 0.793. The van der Waals surface area contributed by atoms with E-state index < -0.39 is 0 Å². The third-order valence-electron chi connectivity index (χ3n) is 3.01. The number of nitrogens with one attached hydrogen (secondary N) is 1. The van der Waals surface area contributed by atoms with Gasteiger partial charge in [-0.3, -0.25) is 4.98 Å². The Morgan fingerprint density at radius 2 is 2.05 bits per heavy atom. The second-order valence-corrected chi connectivity index (χ2v) is 6.15. The molecule has 1 aromatic heterocycles. The van der Waals surface area contributed by atoms with Crippen molar-refractivity contribution in [2.45, 2.75) is 19.4 Å². The van der Waals surface area contributed by atoms with Gasteiger partial charge in [-0.1, -0.05) is 52.1 Å². The molecule has 2 nitrogen and oxygen atoms in total. The van der Waals surface area contributed by atoms with E-state index in [-0.39, 0.29) is 6.04 Å². The summed E-state index contributed by atoms with van der Waals surface area (Å²) < 4.78 is 0.974. The van der Waals surface area contributed by atoms with Crippen molar-refractivity contribution in [1.82, 2.24) is 10.3 Å². The van der Waals surface area contributed by atoms with Crippen LogP contribution in [0.5, 0.6) is 0 Å². The molecule has 1 atom stereocenters. The Kier molecular flexibility index (Phi) is 5.85. The number of aromatic nitrogens is 1. The normalized spacial score (nSPS) is 12.4. The Bertz CT molecular complexity index is 590. The molecule has 0 fully saturated rings. The molecular weight excluding hydrogens is 359 g/mol. The van der Waals surface area contributed by atoms with Gasteiger partial charge in [0.2, 0.25) is 0 Å². The molecule has 0 spiro atoms. The van der Waals surface area contributed by atoms with Crippen LogP contribution in [-0.4, -0.2) is 11.5 Å². The number of likely N-dealkylation sites (N-methyl/N-ethyl adjacent to an activating group) is 1. The van der Waals surface area contributed by atoms with E-state index in [2.05, 4.69) is 33.2 Å². The Balaban J connectivity index is 2.28. The molecule has 0 saturated carbocycles. The number of nitrogens with zero attached hydrogens (tertiary/aromatic N) is 1. The number of hydrogen-bond acceptors (Lipinski definition) is 2. The monoisotopic (exact) mass is 372 g/mol. The topological polar surface area (TPSA) is 24.9 Å². The fourth-order valence-electron chi connectivity index (χ4n) is 2.07. The number of halogens is 3. The summed E-state index contributed by atoms with van der Waals surface area (Å²) in [6.45, 7) is 2.90. The maximum atomic E-state index is 6.29. The maximum Gasteiger partial charge on any atom is 0.0762 e. The summed E-state index contributed by atoms with van der Waals surface area (Å²) >= 11 is 15.9. The molecule has 1 N–H and O–H groups in total. The molecule has 0 saturated heterocycles. The van der Waals surface area contributed by atoms with Crippen molar-refractivity contribution < 1.29 is 0 Å². The molecule has 0 aliphatic rings. The minimum Gasteiger partial charge on any atom is -0.309 e. The van der Waals surface area contributed by atoms with Crippen LogP contribution in [-0.2, 0) is 6.42 Å². The lowest BCUT2D eigenvalue weighted by Gasteiger charge is -2.19. The van der Waals surface area contributed by atoms with Gasteiger partial charge in [0.15, 0.2) is 0 Å². The fourth-order valence-corrected chi connectivity index (χ4v) is 3.08. The van der Waals surface area contributed by atoms with Gasteiger partial charge < -0.3 is 5.32 Å². The molecule has 1 aromatic carbocycles. The van der Waals surface area contributed by atoms with E-state index >= 15 is 0 Å². The summed E-state index contributed by atoms with van der Waals surface area (Å²) in [7, 11) is 0. The van der Waals surface area contributed by atoms with Gasteiger partial charge in [0.25, 0.3) is 0 Å². The van der Waals surface area contributed by atoms with Gasteiger partial charge in [0.1, 0.15) is 0 Å². The van der Waals surface area contributed by atoms with Gasteiger partial charge in [-0.05, 0) is 42.8 Å². The lowest BCUT2D eigenvalue weighted by molar-refractivity contribution is 0.537. The molecule has 1 unspecified atom stereocenters. The molecule has 5 heteroatoms. The first kappa shape index (κ1) is 15.8. The Morgan fingerprint density at radius 1 is 1.25 bits per heavy atom. The second-order valence-electron chi connectivity index (χ2n) is 4.42. The number of pyridine rings is 1. The molecule has 20 heavy (non-hydrogen) atoms. The van der Waals surface area contributed by atoms with Gasteiger partial charge in [-0.2, -0.15) is 0 Å². The van der Waals surface area contributed by atoms with Crippen LogP contribution in [0.25, 0.3) is 0 Å². The Morgan fingerprint density at radius 3 is 2.70 bits per heavy atom. The van der Waals surface area contributed by atoms with Crippen LogP contribution in [0, 0.1) is 0 Å². The Labute approximate surface area is 137 Å². The third kappa shape index (κ3) is 3.95. The standard InChI is InChI=1S/C15H15BrCl2N2/c1-2-19-14(15-12(17)4-3-7-20-15)8-10-5-6-11(16)9-13(10)18/h3-7,9,14,19H,2,8H2,1H3. The molecule has 1 heterocycles. The number of benzene rings is 1. The Hall–Kier alpha value is -0.610. The summed E-state index contributed by atoms with van der Waals surface area (Å²) in [6, 6.07) is 9.66. The minimum atomic E-state index is 0.0485. The molecule has 0 amide bonds. The van der Waals surface area contributed by atoms with Crippen LogP contribution in [0.3, 0.4) is 0 Å². The van der Waals surface area contributed by atoms with Gasteiger partial charge >= 0.3 is 0 Å². The largest absolute Gasteiger partial charge is 0.309 e. The average molecular weight is 374 g/mol. The molecule has 0 aliphatic heterocycles. The highest BCUT2D eigenvalue weighted by Crippen LogP contribution is 2.28. The first-order chi connectivity index (χ1) is 9.61. The minimum absolute atomic E-state index is 0.0485. The molecule has 2 rings (SSSR count). The van der Waals surface area contributed by atoms with Crippen molar-refractivity contribution in [2.24, 2.45) is 0 Å². The van der Waals surface area contributed by atoms with Crippen molar-refractivity contribution in [1.29, 1.82) is 0 Å². The highest BCUT2D eigenvalue weighted by Gasteiger charge is 2.17. The van der Waals surface area contributed by atoms with Crippen molar-refractivity contribution in [3.05, 3.63) is 62.3 Å². The van der Waals surface area contributed by atoms with E-state index in [1.54, 1.807) is 6.20 Å². The lowest BCUT2D eigenvalue weighted by atomic mass is 10.0. The van der Waals surface area contributed by atoms with Crippen molar-refractivity contribution in [3.8, 4) is 0 Å². The van der Waals surface area contributed by atoms with Gasteiger partial charge in [0.05, 0.1) is 16.8 Å². The van der Waals surface area contributed by atoms with E-state index in [0.29, 0.717) is 5.02 Å². The van der Waals surface area contributed by atoms with Crippen LogP contribution in [0.4, 0.5) is 0 Å². The summed E-state index contributed by atoms with van der Waals surface area (Å²) in [5.41, 5.74) is 1.93. The number of rotatable bonds is 5. The zero-order valence-corrected chi connectivity index (χ0v) is 14.1. The van der Waals surface area contributed by atoms with Gasteiger partial charge in [-0.15, -0.1) is 0 Å². The smallest absolute Gasteiger partial charge is 0.0762 e. The van der Waals surface area contributed by atoms with Gasteiger partial charge in [-0.25, -0.2) is 0 Å². The number of hydrogen-bond donors (Lipinski definition) is 1. The molecule has 0 radical (unpaired) electrons. The first-order valence-corrected chi connectivity index (χ1v) is 7.94. The highest BCUT2D eigenvalue weighted by molar-refractivity contribution is 9.10. The molecular formula is C15H15BrCl2N2. The van der Waals surface area contributed by atoms with Crippen molar-refractivity contribution in [3.63, 3.8) is 0 Å². The van der Waals surface area contributed by atoms with E-state index in [4.69, 9.17) is 23.2 Å². The molecule has 106 valence electrons. The molecule has 2 aromatic rings. The SMILES string of the molecule is CCNC(Cc1ccc(Br)cc1Cl)c1ncccc1Cl. The highest BCUT2D eigenvalue weighted by atomic mass is 79.9. The zero-order chi connectivity index (χ0) is 14.5. The zero-order valence-electron chi connectivity index (χ0n) is 11.0. The van der Waals surface area contributed by atoms with Gasteiger partial charge in [0, 0.05) is 15.7 Å². The third-order valence-corrected chi connectivity index (χ3v) is 4.17. The van der Waals surface area contributed by atoms with Crippen molar-refractivity contribution >= 4 is 39.1 Å². The maximum absolute atomic E-state index is 6.29. The average Bonchev–Trinajstić information content (AvgIpc) is 2.42. The van der Waals surface area contributed by atoms with Crippen LogP contribution < -0.4 is 5.32 Å². The van der Waals surface area contributed by atoms with E-state index in [9.17, 15) is 0 Å². The van der Waals surface area contributed by atoms with Crippen molar-refractivity contribution in [2.75, 3.05) is 6.54 Å². The van der Waals surface area contributed by atoms with Crippen LogP contribution in [0.1, 0.15) is 24.2 Å². The lowest BCUT2D eigenvalue weighted by Crippen LogP contribution is -2.24. The summed E-state index contributed by atoms with van der Waals surface area (Å²) in [6.07, 6.45) is 2.51. The predicted octanol–water partition coefficient (Wildman–Crippen LogP) is 5.04. The predicted molar refractivity (Wildman–Crippen MR) is 88.5 cm³/mol. The summed E-state index contributed by atoms with van der Waals surface area (Å²) in [5, 5.41) is 4.83. The fraction of sp³-hybridized carbons (Fsp3) is 0.267. The summed E-state index contributed by atoms with van der Waals surface area (Å²) in [5.74, 6) is 0.